The summed E-state index contributed by atoms with van der Waals surface area (Å²) in [5.74, 6) is 0.382. The molecule has 1 aromatic rings. The molecule has 1 aromatic heterocycles. The highest BCUT2D eigenvalue weighted by Gasteiger charge is 2.25. The Bertz CT molecular complexity index is 625. The Morgan fingerprint density at radius 1 is 1.26 bits per heavy atom. The van der Waals surface area contributed by atoms with Crippen LogP contribution in [0.25, 0.3) is 0 Å². The first kappa shape index (κ1) is 19.3. The number of hydrogen-bond acceptors (Lipinski definition) is 7. The summed E-state index contributed by atoms with van der Waals surface area (Å²) in [6, 6.07) is 3.43. The van der Waals surface area contributed by atoms with Gasteiger partial charge in [-0.2, -0.15) is 0 Å². The van der Waals surface area contributed by atoms with Crippen LogP contribution in [0.4, 0.5) is 10.6 Å². The second kappa shape index (κ2) is 9.50. The van der Waals surface area contributed by atoms with Gasteiger partial charge in [-0.1, -0.05) is 0 Å². The van der Waals surface area contributed by atoms with Crippen LogP contribution in [0.3, 0.4) is 0 Å². The molecule has 0 aromatic carbocycles. The number of hydrogen-bond donors (Lipinski definition) is 2. The Hall–Kier alpha value is -2.42. The van der Waals surface area contributed by atoms with Crippen LogP contribution >= 0.6 is 0 Å². The highest BCUT2D eigenvalue weighted by molar-refractivity contribution is 5.92. The molecule has 2 saturated heterocycles. The topological polar surface area (TPSA) is 106 Å². The van der Waals surface area contributed by atoms with Crippen molar-refractivity contribution in [3.63, 3.8) is 0 Å². The van der Waals surface area contributed by atoms with E-state index in [1.165, 1.54) is 0 Å². The number of aromatic nitrogens is 2. The third-order valence-corrected chi connectivity index (χ3v) is 4.79. The maximum Gasteiger partial charge on any atom is 0.409 e. The number of nitrogens with zero attached hydrogens (tertiary/aromatic N) is 3. The van der Waals surface area contributed by atoms with Crippen molar-refractivity contribution in [2.75, 3.05) is 38.2 Å². The Morgan fingerprint density at radius 2 is 2.07 bits per heavy atom. The van der Waals surface area contributed by atoms with Crippen LogP contribution in [0.1, 0.15) is 43.1 Å². The molecule has 2 aliphatic rings. The van der Waals surface area contributed by atoms with Crippen molar-refractivity contribution in [1.82, 2.24) is 20.4 Å². The second-order valence-electron chi connectivity index (χ2n) is 6.75. The highest BCUT2D eigenvalue weighted by Crippen LogP contribution is 2.14. The number of carbonyl (C=O) groups is 2. The van der Waals surface area contributed by atoms with Gasteiger partial charge in [0.1, 0.15) is 5.82 Å². The van der Waals surface area contributed by atoms with E-state index in [-0.39, 0.29) is 29.8 Å². The molecule has 0 aliphatic carbocycles. The number of anilines is 1. The van der Waals surface area contributed by atoms with Gasteiger partial charge in [-0.15, -0.1) is 10.2 Å². The van der Waals surface area contributed by atoms with Crippen molar-refractivity contribution in [1.29, 1.82) is 0 Å². The summed E-state index contributed by atoms with van der Waals surface area (Å²) in [5, 5.41) is 14.2. The van der Waals surface area contributed by atoms with E-state index < -0.39 is 0 Å². The SMILES string of the molecule is CCOC(=O)N1CCC(NC(=O)c2ccc(NCC3CCCO3)nn2)CC1. The zero-order chi connectivity index (χ0) is 19.1. The van der Waals surface area contributed by atoms with Crippen molar-refractivity contribution in [3.05, 3.63) is 17.8 Å². The first-order chi connectivity index (χ1) is 13.2. The molecule has 0 radical (unpaired) electrons. The van der Waals surface area contributed by atoms with E-state index in [4.69, 9.17) is 9.47 Å². The van der Waals surface area contributed by atoms with Gasteiger partial charge in [0, 0.05) is 32.3 Å². The molecule has 9 heteroatoms. The Balaban J connectivity index is 1.42. The summed E-state index contributed by atoms with van der Waals surface area (Å²) in [6.07, 6.45) is 3.46. The normalized spacial score (nSPS) is 20.3. The van der Waals surface area contributed by atoms with E-state index in [1.807, 2.05) is 0 Å². The van der Waals surface area contributed by atoms with Crippen molar-refractivity contribution in [2.45, 2.75) is 44.8 Å². The van der Waals surface area contributed by atoms with Crippen LogP contribution in [0.15, 0.2) is 12.1 Å². The number of ether oxygens (including phenoxy) is 2. The molecular formula is C18H27N5O4. The molecular weight excluding hydrogens is 350 g/mol. The smallest absolute Gasteiger partial charge is 0.409 e. The highest BCUT2D eigenvalue weighted by atomic mass is 16.6. The van der Waals surface area contributed by atoms with Crippen molar-refractivity contribution < 1.29 is 19.1 Å². The second-order valence-corrected chi connectivity index (χ2v) is 6.75. The lowest BCUT2D eigenvalue weighted by Gasteiger charge is -2.31. The van der Waals surface area contributed by atoms with Gasteiger partial charge in [0.2, 0.25) is 0 Å². The number of likely N-dealkylation sites (tertiary alicyclic amines) is 1. The van der Waals surface area contributed by atoms with Gasteiger partial charge >= 0.3 is 6.09 Å². The maximum absolute atomic E-state index is 12.3. The van der Waals surface area contributed by atoms with Gasteiger partial charge in [0.15, 0.2) is 5.69 Å². The van der Waals surface area contributed by atoms with Crippen LogP contribution < -0.4 is 10.6 Å². The molecule has 9 nitrogen and oxygen atoms in total. The van der Waals surface area contributed by atoms with Crippen molar-refractivity contribution >= 4 is 17.8 Å². The van der Waals surface area contributed by atoms with E-state index in [2.05, 4.69) is 20.8 Å². The number of rotatable bonds is 6. The van der Waals surface area contributed by atoms with Gasteiger partial charge in [-0.3, -0.25) is 4.79 Å². The summed E-state index contributed by atoms with van der Waals surface area (Å²) >= 11 is 0. The molecule has 1 unspecified atom stereocenters. The Labute approximate surface area is 158 Å². The molecule has 27 heavy (non-hydrogen) atoms. The molecule has 3 rings (SSSR count). The quantitative estimate of drug-likeness (QED) is 0.772. The molecule has 2 N–H and O–H groups in total. The molecule has 1 atom stereocenters. The summed E-state index contributed by atoms with van der Waals surface area (Å²) in [7, 11) is 0. The Morgan fingerprint density at radius 3 is 2.70 bits per heavy atom. The molecule has 2 fully saturated rings. The van der Waals surface area contributed by atoms with E-state index in [1.54, 1.807) is 24.0 Å². The monoisotopic (exact) mass is 377 g/mol. The lowest BCUT2D eigenvalue weighted by Crippen LogP contribution is -2.46. The zero-order valence-electron chi connectivity index (χ0n) is 15.6. The largest absolute Gasteiger partial charge is 0.450 e. The zero-order valence-corrected chi connectivity index (χ0v) is 15.6. The molecule has 0 bridgehead atoms. The van der Waals surface area contributed by atoms with E-state index in [0.717, 1.165) is 19.4 Å². The average Bonchev–Trinajstić information content (AvgIpc) is 3.21. The van der Waals surface area contributed by atoms with Crippen molar-refractivity contribution in [3.8, 4) is 0 Å². The number of carbonyl (C=O) groups excluding carboxylic acids is 2. The first-order valence-corrected chi connectivity index (χ1v) is 9.57. The minimum absolute atomic E-state index is 0.0160. The molecule has 0 saturated carbocycles. The first-order valence-electron chi connectivity index (χ1n) is 9.57. The fourth-order valence-corrected chi connectivity index (χ4v) is 3.25. The van der Waals surface area contributed by atoms with E-state index >= 15 is 0 Å². The van der Waals surface area contributed by atoms with Gasteiger partial charge < -0.3 is 25.0 Å². The molecule has 148 valence electrons. The van der Waals surface area contributed by atoms with Crippen molar-refractivity contribution in [2.24, 2.45) is 0 Å². The molecule has 2 amide bonds. The minimum Gasteiger partial charge on any atom is -0.450 e. The summed E-state index contributed by atoms with van der Waals surface area (Å²) in [5.41, 5.74) is 0.283. The van der Waals surface area contributed by atoms with Gasteiger partial charge in [0.05, 0.1) is 12.7 Å². The standard InChI is InChI=1S/C18H27N5O4/c1-2-26-18(25)23-9-7-13(8-10-23)20-17(24)15-5-6-16(22-21-15)19-12-14-4-3-11-27-14/h5-6,13-14H,2-4,7-12H2,1H3,(H,19,22)(H,20,24). The van der Waals surface area contributed by atoms with E-state index in [0.29, 0.717) is 44.9 Å². The maximum atomic E-state index is 12.3. The van der Waals surface area contributed by atoms with Crippen LogP contribution in [0, 0.1) is 0 Å². The number of amides is 2. The fraction of sp³-hybridized carbons (Fsp3) is 0.667. The van der Waals surface area contributed by atoms with Gasteiger partial charge in [0.25, 0.3) is 5.91 Å². The lowest BCUT2D eigenvalue weighted by atomic mass is 10.1. The summed E-state index contributed by atoms with van der Waals surface area (Å²) in [6.45, 7) is 4.81. The third-order valence-electron chi connectivity index (χ3n) is 4.79. The summed E-state index contributed by atoms with van der Waals surface area (Å²) in [4.78, 5) is 25.7. The lowest BCUT2D eigenvalue weighted by molar-refractivity contribution is 0.0856. The van der Waals surface area contributed by atoms with Gasteiger partial charge in [-0.25, -0.2) is 4.79 Å². The predicted octanol–water partition coefficient (Wildman–Crippen LogP) is 1.42. The third kappa shape index (κ3) is 5.53. The minimum atomic E-state index is -0.292. The predicted molar refractivity (Wildman–Crippen MR) is 98.6 cm³/mol. The molecule has 3 heterocycles. The van der Waals surface area contributed by atoms with Crippen LogP contribution in [0.5, 0.6) is 0 Å². The van der Waals surface area contributed by atoms with Gasteiger partial charge in [-0.05, 0) is 44.7 Å². The average molecular weight is 377 g/mol. The van der Waals surface area contributed by atoms with Crippen LogP contribution in [0.2, 0.25) is 0 Å². The van der Waals surface area contributed by atoms with E-state index in [9.17, 15) is 9.59 Å². The molecule has 2 aliphatic heterocycles. The summed E-state index contributed by atoms with van der Waals surface area (Å²) < 4.78 is 10.5. The number of piperidine rings is 1. The Kier molecular flexibility index (Phi) is 6.80. The van der Waals surface area contributed by atoms with Crippen LogP contribution in [-0.4, -0.2) is 72.1 Å². The number of nitrogens with one attached hydrogen (secondary N) is 2. The fourth-order valence-electron chi connectivity index (χ4n) is 3.25. The molecule has 0 spiro atoms. The van der Waals surface area contributed by atoms with Crippen LogP contribution in [-0.2, 0) is 9.47 Å².